The number of halogens is 1. The molecule has 2 unspecified atom stereocenters. The van der Waals surface area contributed by atoms with Crippen LogP contribution < -0.4 is 10.2 Å². The van der Waals surface area contributed by atoms with Crippen molar-refractivity contribution in [1.29, 1.82) is 0 Å². The lowest BCUT2D eigenvalue weighted by molar-refractivity contribution is 0.356. The number of nitrogens with zero attached hydrogens (tertiary/aromatic N) is 1. The van der Waals surface area contributed by atoms with Gasteiger partial charge in [0.2, 0.25) is 0 Å². The van der Waals surface area contributed by atoms with Crippen molar-refractivity contribution < 1.29 is 4.39 Å². The van der Waals surface area contributed by atoms with Crippen LogP contribution in [0.2, 0.25) is 0 Å². The van der Waals surface area contributed by atoms with Gasteiger partial charge in [-0.3, -0.25) is 0 Å². The first kappa shape index (κ1) is 14.3. The summed E-state index contributed by atoms with van der Waals surface area (Å²) >= 11 is 0. The Hall–Kier alpha value is -1.09. The topological polar surface area (TPSA) is 15.3 Å². The molecule has 0 aliphatic heterocycles. The van der Waals surface area contributed by atoms with Crippen LogP contribution in [-0.2, 0) is 0 Å². The molecule has 2 atom stereocenters. The Balaban J connectivity index is 1.99. The lowest BCUT2D eigenvalue weighted by Crippen LogP contribution is -2.39. The Morgan fingerprint density at radius 1 is 1.16 bits per heavy atom. The number of benzene rings is 1. The minimum Gasteiger partial charge on any atom is -0.374 e. The molecule has 0 amide bonds. The molecule has 2 rings (SSSR count). The quantitative estimate of drug-likeness (QED) is 0.838. The van der Waals surface area contributed by atoms with Crippen molar-refractivity contribution in [3.8, 4) is 0 Å². The standard InChI is InChI=1S/C16H25FN2/c1-18-16-7-5-3-4-6-13(16)12-19(2)15-10-8-14(17)9-11-15/h8-11,13,16,18H,3-7,12H2,1-2H3. The van der Waals surface area contributed by atoms with Gasteiger partial charge in [0, 0.05) is 25.3 Å². The van der Waals surface area contributed by atoms with E-state index in [2.05, 4.69) is 24.3 Å². The van der Waals surface area contributed by atoms with E-state index in [1.165, 1.54) is 44.2 Å². The van der Waals surface area contributed by atoms with Crippen molar-refractivity contribution in [2.75, 3.05) is 25.5 Å². The molecule has 1 aliphatic rings. The molecule has 3 heteroatoms. The van der Waals surface area contributed by atoms with Crippen LogP contribution in [0.5, 0.6) is 0 Å². The van der Waals surface area contributed by atoms with E-state index in [9.17, 15) is 4.39 Å². The van der Waals surface area contributed by atoms with Crippen LogP contribution in [0.4, 0.5) is 10.1 Å². The summed E-state index contributed by atoms with van der Waals surface area (Å²) < 4.78 is 13.0. The smallest absolute Gasteiger partial charge is 0.123 e. The van der Waals surface area contributed by atoms with Gasteiger partial charge in [-0.1, -0.05) is 19.3 Å². The molecule has 2 nitrogen and oxygen atoms in total. The average molecular weight is 264 g/mol. The Kier molecular flexibility index (Phi) is 5.20. The van der Waals surface area contributed by atoms with Crippen molar-refractivity contribution in [2.45, 2.75) is 38.1 Å². The zero-order valence-electron chi connectivity index (χ0n) is 12.0. The summed E-state index contributed by atoms with van der Waals surface area (Å²) in [7, 11) is 4.17. The molecule has 0 aromatic heterocycles. The first-order valence-corrected chi connectivity index (χ1v) is 7.34. The van der Waals surface area contributed by atoms with Gasteiger partial charge in [-0.15, -0.1) is 0 Å². The van der Waals surface area contributed by atoms with Crippen LogP contribution in [0.3, 0.4) is 0 Å². The molecular weight excluding hydrogens is 239 g/mol. The fraction of sp³-hybridized carbons (Fsp3) is 0.625. The lowest BCUT2D eigenvalue weighted by atomic mass is 9.94. The maximum Gasteiger partial charge on any atom is 0.123 e. The minimum atomic E-state index is -0.167. The third-order valence-electron chi connectivity index (χ3n) is 4.31. The van der Waals surface area contributed by atoms with Crippen LogP contribution >= 0.6 is 0 Å². The second kappa shape index (κ2) is 6.90. The zero-order valence-corrected chi connectivity index (χ0v) is 12.0. The number of hydrogen-bond acceptors (Lipinski definition) is 2. The van der Waals surface area contributed by atoms with Crippen molar-refractivity contribution in [3.05, 3.63) is 30.1 Å². The molecule has 1 fully saturated rings. The molecule has 1 aromatic rings. The number of nitrogens with one attached hydrogen (secondary N) is 1. The molecule has 1 N–H and O–H groups in total. The molecule has 1 saturated carbocycles. The van der Waals surface area contributed by atoms with Crippen molar-refractivity contribution in [3.63, 3.8) is 0 Å². The first-order valence-electron chi connectivity index (χ1n) is 7.34. The summed E-state index contributed by atoms with van der Waals surface area (Å²) in [6.07, 6.45) is 6.59. The second-order valence-corrected chi connectivity index (χ2v) is 5.65. The predicted molar refractivity (Wildman–Crippen MR) is 79.1 cm³/mol. The van der Waals surface area contributed by atoms with Crippen molar-refractivity contribution in [2.24, 2.45) is 5.92 Å². The molecule has 1 aliphatic carbocycles. The lowest BCUT2D eigenvalue weighted by Gasteiger charge is -2.30. The Morgan fingerprint density at radius 3 is 2.53 bits per heavy atom. The highest BCUT2D eigenvalue weighted by Gasteiger charge is 2.23. The van der Waals surface area contributed by atoms with E-state index in [1.807, 2.05) is 12.1 Å². The first-order chi connectivity index (χ1) is 9.20. The van der Waals surface area contributed by atoms with E-state index in [0.29, 0.717) is 12.0 Å². The van der Waals surface area contributed by atoms with E-state index >= 15 is 0 Å². The molecule has 1 aromatic carbocycles. The summed E-state index contributed by atoms with van der Waals surface area (Å²) in [5.41, 5.74) is 1.10. The van der Waals surface area contributed by atoms with E-state index in [4.69, 9.17) is 0 Å². The van der Waals surface area contributed by atoms with Crippen molar-refractivity contribution in [1.82, 2.24) is 5.32 Å². The summed E-state index contributed by atoms with van der Waals surface area (Å²) in [6.45, 7) is 1.04. The molecule has 0 radical (unpaired) electrons. The summed E-state index contributed by atoms with van der Waals surface area (Å²) in [6, 6.07) is 7.41. The molecule has 0 spiro atoms. The molecular formula is C16H25FN2. The monoisotopic (exact) mass is 264 g/mol. The van der Waals surface area contributed by atoms with Crippen LogP contribution in [0.25, 0.3) is 0 Å². The van der Waals surface area contributed by atoms with E-state index < -0.39 is 0 Å². The van der Waals surface area contributed by atoms with Crippen LogP contribution in [-0.4, -0.2) is 26.7 Å². The summed E-state index contributed by atoms with van der Waals surface area (Å²) in [5, 5.41) is 3.47. The van der Waals surface area contributed by atoms with Gasteiger partial charge >= 0.3 is 0 Å². The fourth-order valence-corrected chi connectivity index (χ4v) is 3.14. The van der Waals surface area contributed by atoms with Gasteiger partial charge in [0.15, 0.2) is 0 Å². The molecule has 106 valence electrons. The van der Waals surface area contributed by atoms with Crippen molar-refractivity contribution >= 4 is 5.69 Å². The van der Waals surface area contributed by atoms with Gasteiger partial charge in [0.1, 0.15) is 5.82 Å². The van der Waals surface area contributed by atoms with Gasteiger partial charge in [0.25, 0.3) is 0 Å². The van der Waals surface area contributed by atoms with Gasteiger partial charge in [0.05, 0.1) is 0 Å². The number of hydrogen-bond donors (Lipinski definition) is 1. The Morgan fingerprint density at radius 2 is 1.84 bits per heavy atom. The largest absolute Gasteiger partial charge is 0.374 e. The zero-order chi connectivity index (χ0) is 13.7. The van der Waals surface area contributed by atoms with Gasteiger partial charge in [-0.2, -0.15) is 0 Å². The maximum absolute atomic E-state index is 13.0. The normalized spacial score (nSPS) is 23.9. The average Bonchev–Trinajstić information content (AvgIpc) is 2.64. The number of anilines is 1. The molecule has 19 heavy (non-hydrogen) atoms. The molecule has 0 heterocycles. The summed E-state index contributed by atoms with van der Waals surface area (Å²) in [4.78, 5) is 2.25. The SMILES string of the molecule is CNC1CCCCCC1CN(C)c1ccc(F)cc1. The number of rotatable bonds is 4. The van der Waals surface area contributed by atoms with E-state index in [1.54, 1.807) is 0 Å². The van der Waals surface area contributed by atoms with Crippen LogP contribution in [0, 0.1) is 11.7 Å². The predicted octanol–water partition coefficient (Wildman–Crippen LogP) is 3.43. The van der Waals surface area contributed by atoms with Gasteiger partial charge < -0.3 is 10.2 Å². The molecule has 0 bridgehead atoms. The van der Waals surface area contributed by atoms with E-state index in [-0.39, 0.29) is 5.82 Å². The fourth-order valence-electron chi connectivity index (χ4n) is 3.14. The highest BCUT2D eigenvalue weighted by molar-refractivity contribution is 5.45. The third-order valence-corrected chi connectivity index (χ3v) is 4.31. The third kappa shape index (κ3) is 3.93. The molecule has 0 saturated heterocycles. The Labute approximate surface area is 116 Å². The highest BCUT2D eigenvalue weighted by atomic mass is 19.1. The minimum absolute atomic E-state index is 0.167. The summed E-state index contributed by atoms with van der Waals surface area (Å²) in [5.74, 6) is 0.516. The second-order valence-electron chi connectivity index (χ2n) is 5.65. The Bertz CT molecular complexity index is 377. The van der Waals surface area contributed by atoms with Crippen LogP contribution in [0.15, 0.2) is 24.3 Å². The highest BCUT2D eigenvalue weighted by Crippen LogP contribution is 2.25. The maximum atomic E-state index is 13.0. The van der Waals surface area contributed by atoms with E-state index in [0.717, 1.165) is 12.2 Å². The van der Waals surface area contributed by atoms with Crippen LogP contribution in [0.1, 0.15) is 32.1 Å². The van der Waals surface area contributed by atoms with Gasteiger partial charge in [-0.25, -0.2) is 4.39 Å². The van der Waals surface area contributed by atoms with Gasteiger partial charge in [-0.05, 0) is 50.1 Å².